The summed E-state index contributed by atoms with van der Waals surface area (Å²) in [7, 11) is -6.15. The average molecular weight is 622 g/mol. The molecular weight excluding hydrogens is 585 g/mol. The van der Waals surface area contributed by atoms with Crippen LogP contribution in [0.5, 0.6) is 0 Å². The summed E-state index contributed by atoms with van der Waals surface area (Å²) in [5.74, 6) is 0.372. The van der Waals surface area contributed by atoms with Crippen molar-refractivity contribution in [1.82, 2.24) is 20.3 Å². The van der Waals surface area contributed by atoms with Gasteiger partial charge in [0.2, 0.25) is 0 Å². The third-order valence-corrected chi connectivity index (χ3v) is 10.1. The number of carbonyl (C=O) groups is 1. The average Bonchev–Trinajstić information content (AvgIpc) is 2.93. The van der Waals surface area contributed by atoms with Gasteiger partial charge in [0.15, 0.2) is 9.84 Å². The van der Waals surface area contributed by atoms with E-state index in [0.29, 0.717) is 46.6 Å². The molecule has 1 aliphatic heterocycles. The molecule has 0 saturated carbocycles. The number of benzene rings is 1. The maximum absolute atomic E-state index is 13.3. The zero-order valence-corrected chi connectivity index (χ0v) is 26.9. The Morgan fingerprint density at radius 3 is 2.44 bits per heavy atom. The van der Waals surface area contributed by atoms with Crippen LogP contribution in [-0.4, -0.2) is 74.2 Å². The van der Waals surface area contributed by atoms with Crippen molar-refractivity contribution in [3.63, 3.8) is 0 Å². The van der Waals surface area contributed by atoms with E-state index in [4.69, 9.17) is 14.7 Å². The highest BCUT2D eigenvalue weighted by Gasteiger charge is 2.26. The summed E-state index contributed by atoms with van der Waals surface area (Å²) in [5, 5.41) is 4.28. The molecule has 0 aliphatic carbocycles. The molecule has 1 amide bonds. The monoisotopic (exact) mass is 621 g/mol. The number of ether oxygens (including phenoxy) is 1. The van der Waals surface area contributed by atoms with Crippen molar-refractivity contribution in [2.24, 2.45) is 0 Å². The van der Waals surface area contributed by atoms with E-state index in [1.807, 2.05) is 38.1 Å². The fourth-order valence-electron chi connectivity index (χ4n) is 5.31. The third-order valence-electron chi connectivity index (χ3n) is 7.34. The maximum Gasteiger partial charge on any atom is 0.251 e. The minimum Gasteiger partial charge on any atom is -0.372 e. The van der Waals surface area contributed by atoms with Crippen molar-refractivity contribution in [3.8, 4) is 11.4 Å². The molecule has 0 spiro atoms. The second kappa shape index (κ2) is 11.8. The Morgan fingerprint density at radius 2 is 1.77 bits per heavy atom. The summed E-state index contributed by atoms with van der Waals surface area (Å²) in [6.07, 6.45) is 2.94. The lowest BCUT2D eigenvalue weighted by molar-refractivity contribution is -0.00545. The number of rotatable bonds is 7. The predicted molar refractivity (Wildman–Crippen MR) is 170 cm³/mol. The van der Waals surface area contributed by atoms with Crippen LogP contribution in [0.15, 0.2) is 59.6 Å². The third kappa shape index (κ3) is 6.95. The second-order valence-electron chi connectivity index (χ2n) is 11.6. The van der Waals surface area contributed by atoms with Crippen molar-refractivity contribution in [2.45, 2.75) is 44.4 Å². The van der Waals surface area contributed by atoms with Crippen molar-refractivity contribution in [2.75, 3.05) is 37.6 Å². The number of pyridine rings is 3. The normalized spacial score (nSPS) is 17.7. The van der Waals surface area contributed by atoms with Crippen LogP contribution < -0.4 is 15.5 Å². The van der Waals surface area contributed by atoms with Gasteiger partial charge in [0.1, 0.15) is 18.7 Å². The first kappa shape index (κ1) is 30.8. The largest absolute Gasteiger partial charge is 0.372 e. The first-order chi connectivity index (χ1) is 20.2. The first-order valence-corrected chi connectivity index (χ1v) is 18.5. The zero-order chi connectivity index (χ0) is 31.1. The standard InChI is InChI=1S/C31H36N5O5PS/c1-19-7-8-22(13-28(19)43(6,39)40)31(37)33-16-24-14-26-23(15-32-24)9-10-25(34-26)30-27(42(4,5)38)11-12-29(35-30)36-17-20(2)41-21(3)18-36/h7-15,20-21H,16-18H2,1-6H3,(H,33,37)/t20-,21+. The van der Waals surface area contributed by atoms with E-state index in [-0.39, 0.29) is 29.2 Å². The molecule has 3 aromatic heterocycles. The van der Waals surface area contributed by atoms with Crippen LogP contribution in [0.4, 0.5) is 5.82 Å². The van der Waals surface area contributed by atoms with Gasteiger partial charge in [0.25, 0.3) is 5.91 Å². The van der Waals surface area contributed by atoms with Gasteiger partial charge in [-0.2, -0.15) is 0 Å². The minimum absolute atomic E-state index is 0.0649. The van der Waals surface area contributed by atoms with Crippen molar-refractivity contribution in [1.29, 1.82) is 0 Å². The molecule has 0 unspecified atom stereocenters. The number of hydrogen-bond donors (Lipinski definition) is 1. The van der Waals surface area contributed by atoms with Crippen LogP contribution >= 0.6 is 7.14 Å². The van der Waals surface area contributed by atoms with Gasteiger partial charge in [0.05, 0.1) is 40.6 Å². The van der Waals surface area contributed by atoms with E-state index in [9.17, 15) is 17.8 Å². The topological polar surface area (TPSA) is 131 Å². The highest BCUT2D eigenvalue weighted by Crippen LogP contribution is 2.39. The lowest BCUT2D eigenvalue weighted by Crippen LogP contribution is -2.46. The summed E-state index contributed by atoms with van der Waals surface area (Å²) in [4.78, 5) is 29.5. The Balaban J connectivity index is 1.44. The van der Waals surface area contributed by atoms with Gasteiger partial charge in [-0.1, -0.05) is 6.07 Å². The highest BCUT2D eigenvalue weighted by molar-refractivity contribution is 7.90. The lowest BCUT2D eigenvalue weighted by atomic mass is 10.1. The molecule has 1 fully saturated rings. The van der Waals surface area contributed by atoms with E-state index < -0.39 is 22.9 Å². The van der Waals surface area contributed by atoms with Crippen LogP contribution in [0, 0.1) is 6.92 Å². The second-order valence-corrected chi connectivity index (χ2v) is 16.7. The first-order valence-electron chi connectivity index (χ1n) is 14.0. The van der Waals surface area contributed by atoms with Gasteiger partial charge in [-0.05, 0) is 82.1 Å². The summed E-state index contributed by atoms with van der Waals surface area (Å²) in [6.45, 7) is 10.7. The number of anilines is 1. The van der Waals surface area contributed by atoms with E-state index >= 15 is 0 Å². The molecule has 2 atom stereocenters. The Morgan fingerprint density at radius 1 is 1.05 bits per heavy atom. The van der Waals surface area contributed by atoms with E-state index in [2.05, 4.69) is 15.2 Å². The van der Waals surface area contributed by atoms with Gasteiger partial charge in [-0.25, -0.2) is 18.4 Å². The van der Waals surface area contributed by atoms with E-state index in [0.717, 1.165) is 17.5 Å². The Hall–Kier alpha value is -3.66. The number of nitrogens with zero attached hydrogens (tertiary/aromatic N) is 4. The number of aromatic nitrogens is 3. The van der Waals surface area contributed by atoms with Crippen LogP contribution in [0.3, 0.4) is 0 Å². The zero-order valence-electron chi connectivity index (χ0n) is 25.2. The van der Waals surface area contributed by atoms with Crippen LogP contribution in [0.2, 0.25) is 0 Å². The number of nitrogens with one attached hydrogen (secondary N) is 1. The SMILES string of the molecule is Cc1ccc(C(=O)NCc2cc3nc(-c4nc(N5C[C@@H](C)O[C@@H](C)C5)ccc4P(C)(C)=O)ccc3cn2)cc1S(C)(=O)=O. The van der Waals surface area contributed by atoms with Gasteiger partial charge < -0.3 is 19.5 Å². The molecule has 1 aliphatic rings. The molecule has 226 valence electrons. The van der Waals surface area contributed by atoms with Crippen LogP contribution in [0.25, 0.3) is 22.3 Å². The highest BCUT2D eigenvalue weighted by atomic mass is 32.2. The molecule has 12 heteroatoms. The molecule has 0 bridgehead atoms. The number of carbonyl (C=O) groups excluding carboxylic acids is 1. The Labute approximate surface area is 252 Å². The quantitative estimate of drug-likeness (QED) is 0.302. The fourth-order valence-corrected chi connectivity index (χ4v) is 7.41. The fraction of sp³-hybridized carbons (Fsp3) is 0.355. The molecule has 1 N–H and O–H groups in total. The Kier molecular flexibility index (Phi) is 8.44. The number of aryl methyl sites for hydroxylation is 1. The van der Waals surface area contributed by atoms with Crippen LogP contribution in [-0.2, 0) is 25.7 Å². The number of hydrogen-bond acceptors (Lipinski definition) is 9. The smallest absolute Gasteiger partial charge is 0.251 e. The van der Waals surface area contributed by atoms with Crippen molar-refractivity contribution in [3.05, 3.63) is 71.5 Å². The van der Waals surface area contributed by atoms with Gasteiger partial charge in [-0.15, -0.1) is 0 Å². The molecular formula is C31H36N5O5PS. The summed E-state index contributed by atoms with van der Waals surface area (Å²) < 4.78 is 43.4. The van der Waals surface area contributed by atoms with E-state index in [1.165, 1.54) is 6.07 Å². The lowest BCUT2D eigenvalue weighted by Gasteiger charge is -2.36. The summed E-state index contributed by atoms with van der Waals surface area (Å²) >= 11 is 0. The molecule has 4 aromatic rings. The number of sulfone groups is 1. The van der Waals surface area contributed by atoms with Crippen molar-refractivity contribution < 1.29 is 22.5 Å². The van der Waals surface area contributed by atoms with Gasteiger partial charge >= 0.3 is 0 Å². The number of fused-ring (bicyclic) bond motifs is 1. The summed E-state index contributed by atoms with van der Waals surface area (Å²) in [6, 6.07) is 14.0. The molecule has 1 aromatic carbocycles. The molecule has 5 rings (SSSR count). The molecule has 1 saturated heterocycles. The minimum atomic E-state index is -3.47. The molecule has 10 nitrogen and oxygen atoms in total. The number of morpholine rings is 1. The molecule has 4 heterocycles. The van der Waals surface area contributed by atoms with Gasteiger partial charge in [0, 0.05) is 41.8 Å². The van der Waals surface area contributed by atoms with Gasteiger partial charge in [-0.3, -0.25) is 9.78 Å². The number of amides is 1. The molecule has 43 heavy (non-hydrogen) atoms. The molecule has 0 radical (unpaired) electrons. The predicted octanol–water partition coefficient (Wildman–Crippen LogP) is 4.20. The maximum atomic E-state index is 13.3. The van der Waals surface area contributed by atoms with Crippen molar-refractivity contribution >= 4 is 44.9 Å². The Bertz CT molecular complexity index is 1860. The van der Waals surface area contributed by atoms with Crippen LogP contribution in [0.1, 0.15) is 35.5 Å². The summed E-state index contributed by atoms with van der Waals surface area (Å²) in [5.41, 5.74) is 3.23. The van der Waals surface area contributed by atoms with E-state index in [1.54, 1.807) is 44.6 Å².